The minimum absolute atomic E-state index is 0.140. The molecular formula is C17H19N3O. The second-order valence-corrected chi connectivity index (χ2v) is 5.44. The van der Waals surface area contributed by atoms with E-state index in [-0.39, 0.29) is 5.84 Å². The summed E-state index contributed by atoms with van der Waals surface area (Å²) in [6.07, 6.45) is 2.19. The van der Waals surface area contributed by atoms with E-state index in [2.05, 4.69) is 34.7 Å². The Bertz CT molecular complexity index is 624. The Balaban J connectivity index is 1.57. The van der Waals surface area contributed by atoms with Crippen molar-refractivity contribution in [2.24, 2.45) is 10.9 Å². The molecule has 4 heteroatoms. The fourth-order valence-corrected chi connectivity index (χ4v) is 2.82. The van der Waals surface area contributed by atoms with Crippen molar-refractivity contribution in [3.63, 3.8) is 0 Å². The molecule has 0 radical (unpaired) electrons. The molecule has 2 aromatic rings. The molecule has 0 saturated carbocycles. The molecule has 4 nitrogen and oxygen atoms in total. The van der Waals surface area contributed by atoms with E-state index in [1.807, 2.05) is 24.3 Å². The van der Waals surface area contributed by atoms with Gasteiger partial charge in [0.2, 0.25) is 0 Å². The first-order chi connectivity index (χ1) is 10.3. The lowest BCUT2D eigenvalue weighted by Crippen LogP contribution is -2.28. The summed E-state index contributed by atoms with van der Waals surface area (Å²) in [6.45, 7) is 0.828. The van der Waals surface area contributed by atoms with Crippen molar-refractivity contribution in [3.8, 4) is 0 Å². The summed E-state index contributed by atoms with van der Waals surface area (Å²) in [5, 5.41) is 15.2. The Morgan fingerprint density at radius 2 is 1.71 bits per heavy atom. The van der Waals surface area contributed by atoms with Gasteiger partial charge >= 0.3 is 0 Å². The van der Waals surface area contributed by atoms with E-state index in [0.29, 0.717) is 6.04 Å². The molecule has 108 valence electrons. The Hall–Kier alpha value is -2.33. The summed E-state index contributed by atoms with van der Waals surface area (Å²) >= 11 is 0. The predicted octanol–water partition coefficient (Wildman–Crippen LogP) is 2.04. The molecule has 0 heterocycles. The van der Waals surface area contributed by atoms with Gasteiger partial charge in [0.1, 0.15) is 0 Å². The average Bonchev–Trinajstić information content (AvgIpc) is 2.95. The summed E-state index contributed by atoms with van der Waals surface area (Å²) in [5.41, 5.74) is 10.4. The van der Waals surface area contributed by atoms with Crippen LogP contribution < -0.4 is 11.1 Å². The van der Waals surface area contributed by atoms with Crippen LogP contribution in [0.2, 0.25) is 0 Å². The molecule has 0 spiro atoms. The molecule has 0 aliphatic heterocycles. The maximum atomic E-state index is 8.64. The van der Waals surface area contributed by atoms with Crippen LogP contribution in [0.15, 0.2) is 53.7 Å². The highest BCUT2D eigenvalue weighted by Gasteiger charge is 2.19. The van der Waals surface area contributed by atoms with E-state index in [1.165, 1.54) is 16.7 Å². The minimum atomic E-state index is 0.140. The average molecular weight is 281 g/mol. The van der Waals surface area contributed by atoms with Crippen LogP contribution in [0.5, 0.6) is 0 Å². The van der Waals surface area contributed by atoms with Crippen LogP contribution in [0.4, 0.5) is 0 Å². The van der Waals surface area contributed by atoms with Crippen molar-refractivity contribution in [3.05, 3.63) is 70.8 Å². The Morgan fingerprint density at radius 1 is 1.10 bits per heavy atom. The Kier molecular flexibility index (Phi) is 3.88. The van der Waals surface area contributed by atoms with E-state index in [1.54, 1.807) is 0 Å². The van der Waals surface area contributed by atoms with Gasteiger partial charge in [0.15, 0.2) is 5.84 Å². The van der Waals surface area contributed by atoms with E-state index in [0.717, 1.165) is 24.9 Å². The largest absolute Gasteiger partial charge is 0.409 e. The van der Waals surface area contributed by atoms with E-state index >= 15 is 0 Å². The van der Waals surface area contributed by atoms with Gasteiger partial charge in [-0.05, 0) is 29.5 Å². The van der Waals surface area contributed by atoms with Gasteiger partial charge in [0.05, 0.1) is 0 Å². The predicted molar refractivity (Wildman–Crippen MR) is 83.4 cm³/mol. The molecule has 0 aromatic heterocycles. The summed E-state index contributed by atoms with van der Waals surface area (Å²) < 4.78 is 0. The normalized spacial score (nSPS) is 15.1. The van der Waals surface area contributed by atoms with E-state index in [9.17, 15) is 0 Å². The second-order valence-electron chi connectivity index (χ2n) is 5.44. The molecule has 1 aliphatic carbocycles. The number of benzene rings is 2. The lowest BCUT2D eigenvalue weighted by Gasteiger charge is -2.12. The fraction of sp³-hybridized carbons (Fsp3) is 0.235. The maximum Gasteiger partial charge on any atom is 0.170 e. The molecule has 2 aromatic carbocycles. The molecule has 21 heavy (non-hydrogen) atoms. The van der Waals surface area contributed by atoms with E-state index in [4.69, 9.17) is 10.9 Å². The standard InChI is InChI=1S/C17H19N3O/c18-17(20-21)13-7-5-12(6-8-13)11-19-16-9-14-3-1-2-4-15(14)10-16/h1-8,16,19,21H,9-11H2,(H2,18,20). The topological polar surface area (TPSA) is 70.6 Å². The third kappa shape index (κ3) is 3.06. The monoisotopic (exact) mass is 281 g/mol. The van der Waals surface area contributed by atoms with Gasteiger partial charge in [-0.25, -0.2) is 0 Å². The maximum absolute atomic E-state index is 8.64. The van der Waals surface area contributed by atoms with Crippen molar-refractivity contribution in [1.29, 1.82) is 0 Å². The zero-order valence-corrected chi connectivity index (χ0v) is 11.8. The number of rotatable bonds is 4. The van der Waals surface area contributed by atoms with Gasteiger partial charge in [-0.2, -0.15) is 0 Å². The smallest absolute Gasteiger partial charge is 0.170 e. The first-order valence-corrected chi connectivity index (χ1v) is 7.13. The number of nitrogens with zero attached hydrogens (tertiary/aromatic N) is 1. The number of hydrogen-bond acceptors (Lipinski definition) is 3. The molecule has 0 bridgehead atoms. The van der Waals surface area contributed by atoms with Crippen LogP contribution in [0.1, 0.15) is 22.3 Å². The van der Waals surface area contributed by atoms with Gasteiger partial charge in [-0.1, -0.05) is 53.7 Å². The summed E-state index contributed by atoms with van der Waals surface area (Å²) in [5.74, 6) is 0.140. The summed E-state index contributed by atoms with van der Waals surface area (Å²) in [7, 11) is 0. The second kappa shape index (κ2) is 5.97. The molecule has 4 N–H and O–H groups in total. The zero-order valence-electron chi connectivity index (χ0n) is 11.8. The lowest BCUT2D eigenvalue weighted by atomic mass is 10.1. The first-order valence-electron chi connectivity index (χ1n) is 7.13. The van der Waals surface area contributed by atoms with Crippen molar-refractivity contribution >= 4 is 5.84 Å². The number of oxime groups is 1. The highest BCUT2D eigenvalue weighted by atomic mass is 16.4. The summed E-state index contributed by atoms with van der Waals surface area (Å²) in [6, 6.07) is 16.9. The molecule has 1 aliphatic rings. The fourth-order valence-electron chi connectivity index (χ4n) is 2.82. The van der Waals surface area contributed by atoms with Crippen molar-refractivity contribution in [1.82, 2.24) is 5.32 Å². The summed E-state index contributed by atoms with van der Waals surface area (Å²) in [4.78, 5) is 0. The Morgan fingerprint density at radius 3 is 2.29 bits per heavy atom. The third-order valence-electron chi connectivity index (χ3n) is 4.00. The molecule has 0 fully saturated rings. The van der Waals surface area contributed by atoms with E-state index < -0.39 is 0 Å². The number of amidine groups is 1. The number of nitrogens with one attached hydrogen (secondary N) is 1. The van der Waals surface area contributed by atoms with Crippen LogP contribution in [-0.2, 0) is 19.4 Å². The van der Waals surface area contributed by atoms with Crippen LogP contribution in [0.25, 0.3) is 0 Å². The highest BCUT2D eigenvalue weighted by Crippen LogP contribution is 2.21. The SMILES string of the molecule is N/C(=N/O)c1ccc(CNC2Cc3ccccc3C2)cc1. The third-order valence-corrected chi connectivity index (χ3v) is 4.00. The van der Waals surface area contributed by atoms with Crippen molar-refractivity contribution in [2.75, 3.05) is 0 Å². The molecule has 0 unspecified atom stereocenters. The van der Waals surface area contributed by atoms with Crippen LogP contribution >= 0.6 is 0 Å². The Labute approximate surface area is 124 Å². The number of fused-ring (bicyclic) bond motifs is 1. The van der Waals surface area contributed by atoms with Gasteiger partial charge in [-0.15, -0.1) is 0 Å². The van der Waals surface area contributed by atoms with Crippen LogP contribution in [0, 0.1) is 0 Å². The highest BCUT2D eigenvalue weighted by molar-refractivity contribution is 5.96. The molecule has 0 saturated heterocycles. The van der Waals surface area contributed by atoms with Gasteiger partial charge in [-0.3, -0.25) is 0 Å². The molecular weight excluding hydrogens is 262 g/mol. The quantitative estimate of drug-likeness (QED) is 0.347. The number of nitrogens with two attached hydrogens (primary N) is 1. The minimum Gasteiger partial charge on any atom is -0.409 e. The van der Waals surface area contributed by atoms with Gasteiger partial charge in [0.25, 0.3) is 0 Å². The number of hydrogen-bond donors (Lipinski definition) is 3. The molecule has 0 amide bonds. The lowest BCUT2D eigenvalue weighted by molar-refractivity contribution is 0.318. The van der Waals surface area contributed by atoms with Crippen LogP contribution in [-0.4, -0.2) is 17.1 Å². The molecule has 3 rings (SSSR count). The van der Waals surface area contributed by atoms with Crippen molar-refractivity contribution in [2.45, 2.75) is 25.4 Å². The van der Waals surface area contributed by atoms with Crippen molar-refractivity contribution < 1.29 is 5.21 Å². The van der Waals surface area contributed by atoms with Crippen LogP contribution in [0.3, 0.4) is 0 Å². The van der Waals surface area contributed by atoms with Gasteiger partial charge in [0, 0.05) is 18.2 Å². The molecule has 0 atom stereocenters. The first kappa shape index (κ1) is 13.6. The zero-order chi connectivity index (χ0) is 14.7. The van der Waals surface area contributed by atoms with Gasteiger partial charge < -0.3 is 16.3 Å².